The van der Waals surface area contributed by atoms with Crippen LogP contribution < -0.4 is 5.32 Å². The molecule has 0 amide bonds. The zero-order valence-electron chi connectivity index (χ0n) is 18.5. The molecule has 3 aromatic rings. The first-order valence-electron chi connectivity index (χ1n) is 9.98. The highest BCUT2D eigenvalue weighted by atomic mass is 32.1. The quantitative estimate of drug-likeness (QED) is 0.255. The lowest BCUT2D eigenvalue weighted by Gasteiger charge is -2.05. The molecule has 2 aromatic heterocycles. The molecule has 1 aromatic carbocycles. The molecule has 0 saturated heterocycles. The molecule has 0 bridgehead atoms. The Kier molecular flexibility index (Phi) is 7.23. The van der Waals surface area contributed by atoms with Gasteiger partial charge in [0.1, 0.15) is 21.7 Å². The molecule has 0 atom stereocenters. The van der Waals surface area contributed by atoms with E-state index in [2.05, 4.69) is 22.4 Å². The molecule has 0 spiro atoms. The van der Waals surface area contributed by atoms with Crippen LogP contribution in [0.3, 0.4) is 0 Å². The van der Waals surface area contributed by atoms with Gasteiger partial charge in [-0.15, -0.1) is 22.7 Å². The number of ketones is 1. The number of nitrogens with one attached hydrogen (secondary N) is 1. The molecule has 0 aliphatic carbocycles. The van der Waals surface area contributed by atoms with Crippen LogP contribution in [0.1, 0.15) is 55.6 Å². The Labute approximate surface area is 195 Å². The van der Waals surface area contributed by atoms with Gasteiger partial charge in [-0.1, -0.05) is 23.8 Å². The molecule has 32 heavy (non-hydrogen) atoms. The van der Waals surface area contributed by atoms with Crippen LogP contribution in [0.2, 0.25) is 0 Å². The average molecular weight is 466 g/mol. The van der Waals surface area contributed by atoms with Crippen LogP contribution in [-0.4, -0.2) is 23.3 Å². The number of hydrogen-bond donors (Lipinski definition) is 1. The highest BCUT2D eigenvalue weighted by Gasteiger charge is 2.24. The summed E-state index contributed by atoms with van der Waals surface area (Å²) in [5.41, 5.74) is 5.34. The van der Waals surface area contributed by atoms with E-state index < -0.39 is 5.97 Å². The first-order valence-corrected chi connectivity index (χ1v) is 11.7. The summed E-state index contributed by atoms with van der Waals surface area (Å²) in [4.78, 5) is 29.5. The number of carbonyl (C=O) groups is 2. The molecular weight excluding hydrogens is 442 g/mol. The number of anilines is 1. The maximum absolute atomic E-state index is 12.5. The molecule has 3 rings (SSSR count). The van der Waals surface area contributed by atoms with E-state index in [1.54, 1.807) is 13.8 Å². The second-order valence-electron chi connectivity index (χ2n) is 7.21. The predicted octanol–water partition coefficient (Wildman–Crippen LogP) is 6.15. The van der Waals surface area contributed by atoms with E-state index >= 15 is 0 Å². The second-order valence-corrected chi connectivity index (χ2v) is 9.09. The molecular formula is C24H23N3O3S2. The van der Waals surface area contributed by atoms with Crippen molar-refractivity contribution >= 4 is 45.0 Å². The van der Waals surface area contributed by atoms with E-state index in [-0.39, 0.29) is 12.4 Å². The maximum Gasteiger partial charge on any atom is 0.341 e. The van der Waals surface area contributed by atoms with Crippen LogP contribution in [0.25, 0.3) is 16.8 Å². The van der Waals surface area contributed by atoms with E-state index in [9.17, 15) is 14.9 Å². The SMILES string of the molecule is CCOC(=O)c1c(N/C=C(\C#N)c2nc(-c3ccc(C)cc3C)cs2)sc(C(C)=O)c1C. The fourth-order valence-electron chi connectivity index (χ4n) is 3.30. The van der Waals surface area contributed by atoms with Gasteiger partial charge >= 0.3 is 5.97 Å². The number of thiazole rings is 1. The standard InChI is InChI=1S/C24H23N3O3S2/c1-6-30-24(29)20-15(4)21(16(5)28)32-23(20)26-11-17(10-25)22-27-19(12-31-22)18-8-7-13(2)9-14(18)3/h7-9,11-12,26H,6H2,1-5H3/b17-11+. The minimum Gasteiger partial charge on any atom is -0.462 e. The fraction of sp³-hybridized carbons (Fsp3) is 0.250. The number of esters is 1. The van der Waals surface area contributed by atoms with Gasteiger partial charge in [0.15, 0.2) is 5.78 Å². The normalized spacial score (nSPS) is 11.2. The van der Waals surface area contributed by atoms with Gasteiger partial charge in [-0.05, 0) is 45.7 Å². The number of ether oxygens (including phenoxy) is 1. The number of thiophene rings is 1. The Hall–Kier alpha value is -3.28. The van der Waals surface area contributed by atoms with Crippen molar-refractivity contribution in [1.29, 1.82) is 5.26 Å². The zero-order chi connectivity index (χ0) is 23.4. The highest BCUT2D eigenvalue weighted by Crippen LogP contribution is 2.35. The van der Waals surface area contributed by atoms with Gasteiger partial charge in [0.05, 0.1) is 22.7 Å². The number of aryl methyl sites for hydroxylation is 2. The second kappa shape index (κ2) is 9.90. The summed E-state index contributed by atoms with van der Waals surface area (Å²) >= 11 is 2.54. The van der Waals surface area contributed by atoms with E-state index in [4.69, 9.17) is 4.74 Å². The van der Waals surface area contributed by atoms with Crippen molar-refractivity contribution in [2.24, 2.45) is 0 Å². The summed E-state index contributed by atoms with van der Waals surface area (Å²) in [6, 6.07) is 8.32. The lowest BCUT2D eigenvalue weighted by molar-refractivity contribution is 0.0527. The van der Waals surface area contributed by atoms with Crippen molar-refractivity contribution in [2.45, 2.75) is 34.6 Å². The van der Waals surface area contributed by atoms with Crippen molar-refractivity contribution in [3.63, 3.8) is 0 Å². The number of allylic oxidation sites excluding steroid dienone is 1. The lowest BCUT2D eigenvalue weighted by Crippen LogP contribution is -2.08. The number of aromatic nitrogens is 1. The number of carbonyl (C=O) groups excluding carboxylic acids is 2. The van der Waals surface area contributed by atoms with Crippen LogP contribution >= 0.6 is 22.7 Å². The third-order valence-corrected chi connectivity index (χ3v) is 7.01. The van der Waals surface area contributed by atoms with E-state index in [0.717, 1.165) is 16.8 Å². The summed E-state index contributed by atoms with van der Waals surface area (Å²) < 4.78 is 5.15. The van der Waals surface area contributed by atoms with E-state index in [1.807, 2.05) is 31.4 Å². The maximum atomic E-state index is 12.5. The molecule has 2 heterocycles. The molecule has 6 nitrogen and oxygen atoms in total. The highest BCUT2D eigenvalue weighted by molar-refractivity contribution is 7.18. The summed E-state index contributed by atoms with van der Waals surface area (Å²) in [5, 5.41) is 15.7. The minimum absolute atomic E-state index is 0.131. The Morgan fingerprint density at radius 3 is 2.66 bits per heavy atom. The first kappa shape index (κ1) is 23.4. The number of nitrogens with zero attached hydrogens (tertiary/aromatic N) is 2. The number of Topliss-reactive ketones (excluding diaryl/α,β-unsaturated/α-hetero) is 1. The monoisotopic (exact) mass is 465 g/mol. The predicted molar refractivity (Wildman–Crippen MR) is 129 cm³/mol. The molecule has 0 saturated carbocycles. The smallest absolute Gasteiger partial charge is 0.341 e. The Morgan fingerprint density at radius 1 is 1.28 bits per heavy atom. The largest absolute Gasteiger partial charge is 0.462 e. The molecule has 1 N–H and O–H groups in total. The van der Waals surface area contributed by atoms with Crippen molar-refractivity contribution in [1.82, 2.24) is 4.98 Å². The van der Waals surface area contributed by atoms with Crippen LogP contribution in [0.5, 0.6) is 0 Å². The molecule has 0 aliphatic heterocycles. The van der Waals surface area contributed by atoms with Gasteiger partial charge in [0.2, 0.25) is 0 Å². The number of nitriles is 1. The van der Waals surface area contributed by atoms with Crippen molar-refractivity contribution in [2.75, 3.05) is 11.9 Å². The third kappa shape index (κ3) is 4.79. The average Bonchev–Trinajstić information content (AvgIpc) is 3.34. The van der Waals surface area contributed by atoms with E-state index in [1.165, 1.54) is 41.4 Å². The van der Waals surface area contributed by atoms with Crippen LogP contribution in [-0.2, 0) is 4.74 Å². The van der Waals surface area contributed by atoms with Gasteiger partial charge in [0, 0.05) is 17.1 Å². The molecule has 0 fully saturated rings. The van der Waals surface area contributed by atoms with Gasteiger partial charge < -0.3 is 10.1 Å². The van der Waals surface area contributed by atoms with Crippen LogP contribution in [0.4, 0.5) is 5.00 Å². The Balaban J connectivity index is 1.94. The van der Waals surface area contributed by atoms with Crippen molar-refractivity contribution < 1.29 is 14.3 Å². The topological polar surface area (TPSA) is 92.1 Å². The Morgan fingerprint density at radius 2 is 2.03 bits per heavy atom. The van der Waals surface area contributed by atoms with Crippen LogP contribution in [0.15, 0.2) is 29.8 Å². The minimum atomic E-state index is -0.505. The van der Waals surface area contributed by atoms with Gasteiger partial charge in [0.25, 0.3) is 0 Å². The van der Waals surface area contributed by atoms with Crippen molar-refractivity contribution in [3.05, 3.63) is 61.9 Å². The van der Waals surface area contributed by atoms with Gasteiger partial charge in [-0.3, -0.25) is 4.79 Å². The lowest BCUT2D eigenvalue weighted by atomic mass is 10.0. The van der Waals surface area contributed by atoms with Gasteiger partial charge in [-0.2, -0.15) is 5.26 Å². The number of rotatable bonds is 7. The number of hydrogen-bond acceptors (Lipinski definition) is 8. The van der Waals surface area contributed by atoms with Crippen LogP contribution in [0, 0.1) is 32.1 Å². The fourth-order valence-corrected chi connectivity index (χ4v) is 5.15. The van der Waals surface area contributed by atoms with E-state index in [0.29, 0.717) is 31.6 Å². The Bertz CT molecular complexity index is 1260. The summed E-state index contributed by atoms with van der Waals surface area (Å²) in [6.45, 7) is 9.20. The molecule has 164 valence electrons. The first-order chi connectivity index (χ1) is 15.3. The molecule has 0 unspecified atom stereocenters. The summed E-state index contributed by atoms with van der Waals surface area (Å²) in [6.07, 6.45) is 1.52. The molecule has 0 aliphatic rings. The number of benzene rings is 1. The van der Waals surface area contributed by atoms with Crippen molar-refractivity contribution in [3.8, 4) is 17.3 Å². The molecule has 8 heteroatoms. The summed E-state index contributed by atoms with van der Waals surface area (Å²) in [5.74, 6) is -0.636. The third-order valence-electron chi connectivity index (χ3n) is 4.81. The van der Waals surface area contributed by atoms with Gasteiger partial charge in [-0.25, -0.2) is 9.78 Å². The molecule has 0 radical (unpaired) electrons. The zero-order valence-corrected chi connectivity index (χ0v) is 20.2. The summed E-state index contributed by atoms with van der Waals surface area (Å²) in [7, 11) is 0.